The number of para-hydroxylation sites is 1. The fourth-order valence-electron chi connectivity index (χ4n) is 2.99. The summed E-state index contributed by atoms with van der Waals surface area (Å²) in [4.78, 5) is 25.3. The Labute approximate surface area is 154 Å². The van der Waals surface area contributed by atoms with Gasteiger partial charge in [0.2, 0.25) is 5.89 Å². The number of rotatable bonds is 3. The minimum absolute atomic E-state index is 0.0985. The van der Waals surface area contributed by atoms with E-state index in [1.165, 1.54) is 4.70 Å². The summed E-state index contributed by atoms with van der Waals surface area (Å²) >= 11 is 1.70. The van der Waals surface area contributed by atoms with Gasteiger partial charge in [-0.2, -0.15) is 4.98 Å². The summed E-state index contributed by atoms with van der Waals surface area (Å²) in [5.41, 5.74) is 1.03. The second-order valence-electron chi connectivity index (χ2n) is 6.18. The number of nitrogens with one attached hydrogen (secondary N) is 1. The number of nitrogens with zero attached hydrogens (tertiary/aromatic N) is 5. The number of aromatic nitrogens is 3. The van der Waals surface area contributed by atoms with Crippen molar-refractivity contribution in [1.29, 1.82) is 0 Å². The first-order valence-electron chi connectivity index (χ1n) is 8.61. The highest BCUT2D eigenvalue weighted by Gasteiger charge is 2.21. The smallest absolute Gasteiger partial charge is 0.317 e. The lowest BCUT2D eigenvalue weighted by atomic mass is 10.3. The number of aryl methyl sites for hydroxylation is 1. The topological polar surface area (TPSA) is 87.4 Å². The van der Waals surface area contributed by atoms with Gasteiger partial charge in [0.15, 0.2) is 11.0 Å². The molecule has 4 rings (SSSR count). The molecule has 2 aromatic heterocycles. The lowest BCUT2D eigenvalue weighted by molar-refractivity contribution is 0.200. The highest BCUT2D eigenvalue weighted by atomic mass is 32.1. The molecule has 2 amide bonds. The largest absolute Gasteiger partial charge is 0.346 e. The molecule has 0 unspecified atom stereocenters. The number of anilines is 1. The molecule has 0 atom stereocenters. The number of hydrogen-bond acceptors (Lipinski definition) is 7. The molecule has 0 radical (unpaired) electrons. The third kappa shape index (κ3) is 3.62. The number of carbonyl (C=O) groups excluding carboxylic acids is 1. The van der Waals surface area contributed by atoms with E-state index in [4.69, 9.17) is 9.51 Å². The third-order valence-electron chi connectivity index (χ3n) is 4.30. The van der Waals surface area contributed by atoms with Gasteiger partial charge in [-0.05, 0) is 18.6 Å². The molecule has 26 heavy (non-hydrogen) atoms. The number of carbonyl (C=O) groups is 1. The molecule has 3 aromatic rings. The van der Waals surface area contributed by atoms with Crippen LogP contribution in [0.25, 0.3) is 10.2 Å². The predicted octanol–water partition coefficient (Wildman–Crippen LogP) is 2.41. The molecule has 1 aromatic carbocycles. The van der Waals surface area contributed by atoms with Gasteiger partial charge < -0.3 is 19.6 Å². The Hall–Kier alpha value is -2.68. The van der Waals surface area contributed by atoms with E-state index in [1.54, 1.807) is 18.3 Å². The minimum Gasteiger partial charge on any atom is -0.346 e. The number of hydrogen-bond donors (Lipinski definition) is 1. The molecule has 1 aliphatic heterocycles. The highest BCUT2D eigenvalue weighted by Crippen LogP contribution is 2.29. The van der Waals surface area contributed by atoms with Crippen LogP contribution in [0.5, 0.6) is 0 Å². The van der Waals surface area contributed by atoms with Crippen LogP contribution in [-0.2, 0) is 6.54 Å². The number of fused-ring (bicyclic) bond motifs is 1. The molecule has 8 nitrogen and oxygen atoms in total. The molecular weight excluding hydrogens is 352 g/mol. The SMILES string of the molecule is Cc1nc(CNC(=O)N2CCCN(c3nc4ccccc4s3)CC2)no1. The first-order valence-corrected chi connectivity index (χ1v) is 9.43. The monoisotopic (exact) mass is 372 g/mol. The van der Waals surface area contributed by atoms with Crippen LogP contribution in [0, 0.1) is 6.92 Å². The average molecular weight is 372 g/mol. The molecule has 1 aliphatic rings. The van der Waals surface area contributed by atoms with Crippen LogP contribution in [-0.4, -0.2) is 52.2 Å². The second-order valence-corrected chi connectivity index (χ2v) is 7.19. The van der Waals surface area contributed by atoms with Gasteiger partial charge in [0.1, 0.15) is 0 Å². The normalized spacial score (nSPS) is 15.3. The zero-order valence-corrected chi connectivity index (χ0v) is 15.3. The van der Waals surface area contributed by atoms with Gasteiger partial charge in [-0.25, -0.2) is 9.78 Å². The highest BCUT2D eigenvalue weighted by molar-refractivity contribution is 7.22. The van der Waals surface area contributed by atoms with Crippen LogP contribution < -0.4 is 10.2 Å². The average Bonchev–Trinajstić information content (AvgIpc) is 3.18. The molecule has 0 spiro atoms. The summed E-state index contributed by atoms with van der Waals surface area (Å²) in [6, 6.07) is 8.06. The molecule has 1 fully saturated rings. The minimum atomic E-state index is -0.0985. The number of benzene rings is 1. The van der Waals surface area contributed by atoms with Gasteiger partial charge in [0.05, 0.1) is 16.8 Å². The molecular formula is C17H20N6O2S. The molecule has 3 heterocycles. The van der Waals surface area contributed by atoms with Crippen molar-refractivity contribution >= 4 is 32.7 Å². The maximum atomic E-state index is 12.4. The Morgan fingerprint density at radius 1 is 1.23 bits per heavy atom. The molecule has 1 N–H and O–H groups in total. The standard InChI is InChI=1S/C17H20N6O2S/c1-12-19-15(21-25-12)11-18-16(24)22-7-4-8-23(10-9-22)17-20-13-5-2-3-6-14(13)26-17/h2-3,5-6H,4,7-11H2,1H3,(H,18,24). The van der Waals surface area contributed by atoms with Crippen LogP contribution >= 0.6 is 11.3 Å². The van der Waals surface area contributed by atoms with Crippen LogP contribution in [0.2, 0.25) is 0 Å². The van der Waals surface area contributed by atoms with Crippen molar-refractivity contribution in [3.63, 3.8) is 0 Å². The molecule has 0 bridgehead atoms. The van der Waals surface area contributed by atoms with Gasteiger partial charge >= 0.3 is 6.03 Å². The summed E-state index contributed by atoms with van der Waals surface area (Å²) in [5.74, 6) is 0.984. The summed E-state index contributed by atoms with van der Waals surface area (Å²) < 4.78 is 6.10. The van der Waals surface area contributed by atoms with Crippen molar-refractivity contribution in [2.45, 2.75) is 19.9 Å². The van der Waals surface area contributed by atoms with Crippen LogP contribution in [0.15, 0.2) is 28.8 Å². The Bertz CT molecular complexity index is 874. The summed E-state index contributed by atoms with van der Waals surface area (Å²) in [5, 5.41) is 7.67. The number of thiazole rings is 1. The van der Waals surface area contributed by atoms with E-state index >= 15 is 0 Å². The van der Waals surface area contributed by atoms with Crippen molar-refractivity contribution in [2.24, 2.45) is 0 Å². The Balaban J connectivity index is 1.35. The van der Waals surface area contributed by atoms with Gasteiger partial charge in [-0.3, -0.25) is 0 Å². The fourth-order valence-corrected chi connectivity index (χ4v) is 4.00. The zero-order valence-electron chi connectivity index (χ0n) is 14.5. The van der Waals surface area contributed by atoms with Crippen molar-refractivity contribution in [2.75, 3.05) is 31.1 Å². The molecule has 0 aliphatic carbocycles. The molecule has 9 heteroatoms. The maximum absolute atomic E-state index is 12.4. The van der Waals surface area contributed by atoms with Crippen LogP contribution in [0.3, 0.4) is 0 Å². The van der Waals surface area contributed by atoms with Crippen molar-refractivity contribution < 1.29 is 9.32 Å². The van der Waals surface area contributed by atoms with E-state index in [2.05, 4.69) is 26.4 Å². The first kappa shape index (κ1) is 16.8. The van der Waals surface area contributed by atoms with Crippen molar-refractivity contribution in [3.8, 4) is 0 Å². The predicted molar refractivity (Wildman–Crippen MR) is 99.3 cm³/mol. The van der Waals surface area contributed by atoms with Gasteiger partial charge in [0, 0.05) is 33.1 Å². The lowest BCUT2D eigenvalue weighted by Gasteiger charge is -2.21. The van der Waals surface area contributed by atoms with E-state index in [1.807, 2.05) is 23.1 Å². The second kappa shape index (κ2) is 7.28. The van der Waals surface area contributed by atoms with E-state index < -0.39 is 0 Å². The molecule has 1 saturated heterocycles. The maximum Gasteiger partial charge on any atom is 0.317 e. The zero-order chi connectivity index (χ0) is 17.9. The van der Waals surface area contributed by atoms with E-state index in [0.717, 1.165) is 36.7 Å². The molecule has 136 valence electrons. The van der Waals surface area contributed by atoms with Crippen LogP contribution in [0.4, 0.5) is 9.93 Å². The fraction of sp³-hybridized carbons (Fsp3) is 0.412. The Kier molecular flexibility index (Phi) is 4.70. The van der Waals surface area contributed by atoms with E-state index in [9.17, 15) is 4.79 Å². The number of amides is 2. The summed E-state index contributed by atoms with van der Waals surface area (Å²) in [6.07, 6.45) is 0.907. The molecule has 0 saturated carbocycles. The van der Waals surface area contributed by atoms with Gasteiger partial charge in [0.25, 0.3) is 0 Å². The van der Waals surface area contributed by atoms with Crippen LogP contribution in [0.1, 0.15) is 18.1 Å². The van der Waals surface area contributed by atoms with E-state index in [0.29, 0.717) is 18.3 Å². The third-order valence-corrected chi connectivity index (χ3v) is 5.40. The number of urea groups is 1. The lowest BCUT2D eigenvalue weighted by Crippen LogP contribution is -2.41. The van der Waals surface area contributed by atoms with E-state index in [-0.39, 0.29) is 12.6 Å². The van der Waals surface area contributed by atoms with Gasteiger partial charge in [-0.15, -0.1) is 0 Å². The first-order chi connectivity index (χ1) is 12.7. The van der Waals surface area contributed by atoms with Crippen molar-refractivity contribution in [3.05, 3.63) is 36.0 Å². The summed E-state index contributed by atoms with van der Waals surface area (Å²) in [7, 11) is 0. The quantitative estimate of drug-likeness (QED) is 0.760. The Morgan fingerprint density at radius 3 is 2.92 bits per heavy atom. The Morgan fingerprint density at radius 2 is 2.12 bits per heavy atom. The van der Waals surface area contributed by atoms with Gasteiger partial charge in [-0.1, -0.05) is 28.6 Å². The van der Waals surface area contributed by atoms with Crippen molar-refractivity contribution in [1.82, 2.24) is 25.3 Å². The summed E-state index contributed by atoms with van der Waals surface area (Å²) in [6.45, 7) is 5.05.